The summed E-state index contributed by atoms with van der Waals surface area (Å²) in [6, 6.07) is 6.16. The van der Waals surface area contributed by atoms with Crippen LogP contribution in [0.4, 0.5) is 0 Å². The van der Waals surface area contributed by atoms with Gasteiger partial charge < -0.3 is 19.9 Å². The number of rotatable bonds is 5. The van der Waals surface area contributed by atoms with Gasteiger partial charge in [-0.1, -0.05) is 13.2 Å². The van der Waals surface area contributed by atoms with E-state index in [1.807, 2.05) is 25.1 Å². The molecule has 0 spiro atoms. The Bertz CT molecular complexity index is 926. The molecule has 0 aromatic heterocycles. The maximum atomic E-state index is 9.88. The second kappa shape index (κ2) is 8.21. The molecule has 2 N–H and O–H groups in total. The van der Waals surface area contributed by atoms with Gasteiger partial charge in [0.25, 0.3) is 0 Å². The first-order chi connectivity index (χ1) is 13.8. The highest BCUT2D eigenvalue weighted by atomic mass is 16.5. The molecule has 0 aliphatic carbocycles. The summed E-state index contributed by atoms with van der Waals surface area (Å²) in [7, 11) is 3.93. The van der Waals surface area contributed by atoms with Crippen molar-refractivity contribution in [3.63, 3.8) is 0 Å². The minimum absolute atomic E-state index is 0.0163. The predicted octanol–water partition coefficient (Wildman–Crippen LogP) is 4.54. The number of fused-ring (bicyclic) bond motifs is 1. The number of aliphatic hydroxyl groups excluding tert-OH is 1. The molecule has 2 heterocycles. The quantitative estimate of drug-likeness (QED) is 0.568. The third-order valence-electron chi connectivity index (χ3n) is 5.73. The van der Waals surface area contributed by atoms with E-state index in [4.69, 9.17) is 9.47 Å². The molecule has 0 bridgehead atoms. The second-order valence-corrected chi connectivity index (χ2v) is 7.64. The van der Waals surface area contributed by atoms with Crippen molar-refractivity contribution in [2.45, 2.75) is 19.9 Å². The number of hydrogen-bond donors (Lipinski definition) is 2. The van der Waals surface area contributed by atoms with Crippen molar-refractivity contribution in [2.24, 2.45) is 0 Å². The van der Waals surface area contributed by atoms with E-state index in [0.29, 0.717) is 12.2 Å². The van der Waals surface area contributed by atoms with Gasteiger partial charge in [-0.25, -0.2) is 0 Å². The molecule has 2 unspecified atom stereocenters. The van der Waals surface area contributed by atoms with Gasteiger partial charge in [-0.15, -0.1) is 0 Å². The minimum Gasteiger partial charge on any atom is -0.508 e. The fourth-order valence-corrected chi connectivity index (χ4v) is 4.16. The maximum Gasteiger partial charge on any atom is 0.148 e. The maximum absolute atomic E-state index is 9.88. The Balaban J connectivity index is 2.04. The molecule has 2 aliphatic rings. The lowest BCUT2D eigenvalue weighted by atomic mass is 9.88. The van der Waals surface area contributed by atoms with Crippen molar-refractivity contribution in [1.29, 1.82) is 0 Å². The van der Waals surface area contributed by atoms with E-state index in [9.17, 15) is 5.11 Å². The standard InChI is InChI=1S/C24H30N2O3/c1-7-29-24-9-8-19(28-6)13-20(24)23-14-22-17(3)12-16(2)21(18(4)27)15-25-10-11-26(22,23)5/h8-9,12-15,23,25H,2,4,7,10-11H2,1,3,5-6H3/p+1/b17-12+,21-15+. The largest absolute Gasteiger partial charge is 0.508 e. The van der Waals surface area contributed by atoms with Gasteiger partial charge in [0.05, 0.1) is 32.9 Å². The van der Waals surface area contributed by atoms with E-state index in [1.165, 1.54) is 5.70 Å². The predicted molar refractivity (Wildman–Crippen MR) is 117 cm³/mol. The molecule has 154 valence electrons. The highest BCUT2D eigenvalue weighted by Gasteiger charge is 2.47. The van der Waals surface area contributed by atoms with Gasteiger partial charge in [0.15, 0.2) is 0 Å². The topological polar surface area (TPSA) is 50.7 Å². The van der Waals surface area contributed by atoms with Crippen molar-refractivity contribution in [3.05, 3.63) is 83.4 Å². The smallest absolute Gasteiger partial charge is 0.148 e. The van der Waals surface area contributed by atoms with Crippen LogP contribution in [-0.4, -0.2) is 43.4 Å². The molecule has 5 nitrogen and oxygen atoms in total. The summed E-state index contributed by atoms with van der Waals surface area (Å²) in [6.45, 7) is 14.1. The van der Waals surface area contributed by atoms with Crippen LogP contribution in [0.1, 0.15) is 25.5 Å². The van der Waals surface area contributed by atoms with Gasteiger partial charge in [0, 0.05) is 23.4 Å². The zero-order chi connectivity index (χ0) is 21.2. The molecule has 0 radical (unpaired) electrons. The van der Waals surface area contributed by atoms with Gasteiger partial charge in [0.1, 0.15) is 35.5 Å². The summed E-state index contributed by atoms with van der Waals surface area (Å²) in [5.41, 5.74) is 4.86. The molecule has 0 amide bonds. The van der Waals surface area contributed by atoms with Crippen molar-refractivity contribution < 1.29 is 19.1 Å². The van der Waals surface area contributed by atoms with E-state index in [2.05, 4.69) is 44.6 Å². The number of ether oxygens (including phenoxy) is 2. The molecule has 0 saturated heterocycles. The lowest BCUT2D eigenvalue weighted by molar-refractivity contribution is -0.912. The fourth-order valence-electron chi connectivity index (χ4n) is 4.16. The third-order valence-corrected chi connectivity index (χ3v) is 5.73. The molecule has 1 aromatic rings. The van der Waals surface area contributed by atoms with Crippen LogP contribution in [0.15, 0.2) is 77.9 Å². The second-order valence-electron chi connectivity index (χ2n) is 7.64. The fraction of sp³-hybridized carbons (Fsp3) is 0.333. The van der Waals surface area contributed by atoms with Crippen molar-refractivity contribution in [3.8, 4) is 11.5 Å². The van der Waals surface area contributed by atoms with Crippen LogP contribution >= 0.6 is 0 Å². The zero-order valence-electron chi connectivity index (χ0n) is 17.8. The number of methoxy groups -OCH3 is 1. The number of nitrogens with zero attached hydrogens (tertiary/aromatic N) is 1. The van der Waals surface area contributed by atoms with E-state index >= 15 is 0 Å². The van der Waals surface area contributed by atoms with Crippen molar-refractivity contribution >= 4 is 0 Å². The molecule has 29 heavy (non-hydrogen) atoms. The Hall–Kier alpha value is -2.92. The number of hydrogen-bond acceptors (Lipinski definition) is 4. The average Bonchev–Trinajstić information content (AvgIpc) is 2.67. The van der Waals surface area contributed by atoms with Crippen LogP contribution < -0.4 is 14.8 Å². The lowest BCUT2D eigenvalue weighted by Crippen LogP contribution is -2.55. The SMILES string of the molecule is C=C(O)/C1=C/NCC[N+]2(C)C(=CC2c2cc(OC)ccc2OCC)/C(C)=C/C1=C. The summed E-state index contributed by atoms with van der Waals surface area (Å²) in [4.78, 5) is 0. The zero-order valence-corrected chi connectivity index (χ0v) is 17.8. The Morgan fingerprint density at radius 3 is 2.79 bits per heavy atom. The number of benzene rings is 1. The van der Waals surface area contributed by atoms with Gasteiger partial charge in [0.2, 0.25) is 0 Å². The van der Waals surface area contributed by atoms with Crippen LogP contribution in [0.3, 0.4) is 0 Å². The van der Waals surface area contributed by atoms with Crippen molar-refractivity contribution in [2.75, 3.05) is 33.9 Å². The molecule has 2 aliphatic heterocycles. The molecular formula is C24H31N2O3+. The number of likely N-dealkylation sites (N-methyl/N-ethyl adjacent to an activating group) is 1. The Kier molecular flexibility index (Phi) is 5.89. The number of nitrogens with one attached hydrogen (secondary N) is 1. The van der Waals surface area contributed by atoms with E-state index < -0.39 is 0 Å². The van der Waals surface area contributed by atoms with Crippen molar-refractivity contribution in [1.82, 2.24) is 5.32 Å². The van der Waals surface area contributed by atoms with E-state index in [1.54, 1.807) is 13.3 Å². The third kappa shape index (κ3) is 3.83. The van der Waals surface area contributed by atoms with E-state index in [-0.39, 0.29) is 11.8 Å². The minimum atomic E-state index is 0.0163. The van der Waals surface area contributed by atoms with Crippen LogP contribution in [0.2, 0.25) is 0 Å². The average molecular weight is 396 g/mol. The summed E-state index contributed by atoms with van der Waals surface area (Å²) >= 11 is 0. The molecule has 3 rings (SSSR count). The Morgan fingerprint density at radius 1 is 1.38 bits per heavy atom. The lowest BCUT2D eigenvalue weighted by Gasteiger charge is -2.49. The van der Waals surface area contributed by atoms with Gasteiger partial charge in [-0.05, 0) is 43.7 Å². The van der Waals surface area contributed by atoms with Crippen LogP contribution in [0.25, 0.3) is 0 Å². The monoisotopic (exact) mass is 395 g/mol. The molecule has 5 heteroatoms. The highest BCUT2D eigenvalue weighted by molar-refractivity contribution is 5.51. The first-order valence-corrected chi connectivity index (χ1v) is 9.90. The normalized spacial score (nSPS) is 27.7. The summed E-state index contributed by atoms with van der Waals surface area (Å²) < 4.78 is 12.1. The molecule has 1 aromatic carbocycles. The van der Waals surface area contributed by atoms with Gasteiger partial charge >= 0.3 is 0 Å². The number of allylic oxidation sites excluding steroid dienone is 3. The molecule has 2 atom stereocenters. The van der Waals surface area contributed by atoms with E-state index in [0.717, 1.165) is 45.8 Å². The number of quaternary nitrogens is 1. The van der Waals surface area contributed by atoms with Crippen LogP contribution in [0, 0.1) is 0 Å². The summed E-state index contributed by atoms with van der Waals surface area (Å²) in [5, 5.41) is 13.2. The summed E-state index contributed by atoms with van der Waals surface area (Å²) in [6.07, 6.45) is 6.09. The van der Waals surface area contributed by atoms with Gasteiger partial charge in [-0.2, -0.15) is 0 Å². The van der Waals surface area contributed by atoms with Crippen LogP contribution in [-0.2, 0) is 0 Å². The molecule has 0 saturated carbocycles. The summed E-state index contributed by atoms with van der Waals surface area (Å²) in [5.74, 6) is 1.73. The highest BCUT2D eigenvalue weighted by Crippen LogP contribution is 2.49. The molecular weight excluding hydrogens is 364 g/mol. The first-order valence-electron chi connectivity index (χ1n) is 9.90. The number of aliphatic hydroxyl groups is 1. The Morgan fingerprint density at radius 2 is 2.14 bits per heavy atom. The first kappa shape index (κ1) is 20.8. The van der Waals surface area contributed by atoms with Crippen LogP contribution in [0.5, 0.6) is 11.5 Å². The molecule has 0 fully saturated rings. The van der Waals surface area contributed by atoms with Gasteiger partial charge in [-0.3, -0.25) is 4.48 Å². The Labute approximate surface area is 173 Å².